The molecular weight excluding hydrogens is 249 g/mol. The van der Waals surface area contributed by atoms with Gasteiger partial charge in [-0.05, 0) is 0 Å². The summed E-state index contributed by atoms with van der Waals surface area (Å²) >= 11 is 0. The minimum absolute atomic E-state index is 0.333. The number of carbonyl (C=O) groups is 2. The summed E-state index contributed by atoms with van der Waals surface area (Å²) in [5.74, 6) is -3.08. The standard InChI is InChI=1S/C9H10FN3O5/c1-18-8(16)5(11)2-6(14)13-3-4(10)7(15)12-9(13)17/h3,5H,2,11H2,1H3,(H,12,15,17). The lowest BCUT2D eigenvalue weighted by Crippen LogP contribution is -2.40. The lowest BCUT2D eigenvalue weighted by molar-refractivity contribution is -0.142. The molecule has 3 N–H and O–H groups in total. The molecule has 18 heavy (non-hydrogen) atoms. The van der Waals surface area contributed by atoms with Gasteiger partial charge in [0, 0.05) is 0 Å². The summed E-state index contributed by atoms with van der Waals surface area (Å²) in [5.41, 5.74) is 2.96. The van der Waals surface area contributed by atoms with Gasteiger partial charge in [0.15, 0.2) is 0 Å². The first-order valence-electron chi connectivity index (χ1n) is 4.75. The van der Waals surface area contributed by atoms with Crippen LogP contribution in [0.4, 0.5) is 4.39 Å². The minimum Gasteiger partial charge on any atom is -0.468 e. The van der Waals surface area contributed by atoms with Crippen molar-refractivity contribution < 1.29 is 18.7 Å². The Balaban J connectivity index is 2.99. The Bertz CT molecular complexity index is 591. The van der Waals surface area contributed by atoms with E-state index in [9.17, 15) is 23.6 Å². The summed E-state index contributed by atoms with van der Waals surface area (Å²) in [5, 5.41) is 0. The Hall–Kier alpha value is -2.29. The van der Waals surface area contributed by atoms with Gasteiger partial charge in [-0.15, -0.1) is 0 Å². The first kappa shape index (κ1) is 13.8. The summed E-state index contributed by atoms with van der Waals surface area (Å²) in [6.07, 6.45) is -0.119. The molecule has 0 bridgehead atoms. The average molecular weight is 259 g/mol. The zero-order valence-corrected chi connectivity index (χ0v) is 9.31. The van der Waals surface area contributed by atoms with Crippen LogP contribution in [0.3, 0.4) is 0 Å². The van der Waals surface area contributed by atoms with E-state index in [1.807, 2.05) is 0 Å². The van der Waals surface area contributed by atoms with Crippen molar-refractivity contribution in [3.05, 3.63) is 32.9 Å². The van der Waals surface area contributed by atoms with Crippen LogP contribution >= 0.6 is 0 Å². The smallest absolute Gasteiger partial charge is 0.335 e. The van der Waals surface area contributed by atoms with Crippen molar-refractivity contribution in [3.8, 4) is 0 Å². The monoisotopic (exact) mass is 259 g/mol. The number of rotatable bonds is 3. The van der Waals surface area contributed by atoms with Gasteiger partial charge in [-0.3, -0.25) is 19.4 Å². The number of nitrogens with one attached hydrogen (secondary N) is 1. The van der Waals surface area contributed by atoms with E-state index in [2.05, 4.69) is 4.74 Å². The highest BCUT2D eigenvalue weighted by atomic mass is 19.1. The number of nitrogens with zero attached hydrogens (tertiary/aromatic N) is 1. The molecular formula is C9H10FN3O5. The predicted octanol–water partition coefficient (Wildman–Crippen LogP) is -1.79. The summed E-state index contributed by atoms with van der Waals surface area (Å²) in [7, 11) is 1.08. The molecule has 1 heterocycles. The Morgan fingerprint density at radius 2 is 2.17 bits per heavy atom. The van der Waals surface area contributed by atoms with Gasteiger partial charge in [0.25, 0.3) is 5.56 Å². The minimum atomic E-state index is -1.30. The number of hydrogen-bond acceptors (Lipinski definition) is 6. The van der Waals surface area contributed by atoms with Crippen LogP contribution in [0.1, 0.15) is 11.2 Å². The van der Waals surface area contributed by atoms with E-state index >= 15 is 0 Å². The maximum absolute atomic E-state index is 12.9. The van der Waals surface area contributed by atoms with Crippen LogP contribution in [-0.4, -0.2) is 34.6 Å². The molecule has 9 heteroatoms. The summed E-state index contributed by atoms with van der Waals surface area (Å²) in [6, 6.07) is -1.27. The van der Waals surface area contributed by atoms with Crippen LogP contribution < -0.4 is 17.0 Å². The van der Waals surface area contributed by atoms with Crippen molar-refractivity contribution in [2.45, 2.75) is 12.5 Å². The molecule has 8 nitrogen and oxygen atoms in total. The zero-order chi connectivity index (χ0) is 13.9. The molecule has 1 aromatic rings. The lowest BCUT2D eigenvalue weighted by atomic mass is 10.2. The third-order valence-electron chi connectivity index (χ3n) is 2.07. The number of carbonyl (C=O) groups excluding carboxylic acids is 2. The fourth-order valence-corrected chi connectivity index (χ4v) is 1.15. The SMILES string of the molecule is COC(=O)C(N)CC(=O)n1cc(F)c(=O)[nH]c1=O. The number of esters is 1. The molecule has 0 spiro atoms. The van der Waals surface area contributed by atoms with Crippen LogP contribution in [0.25, 0.3) is 0 Å². The van der Waals surface area contributed by atoms with Crippen molar-refractivity contribution in [3.63, 3.8) is 0 Å². The van der Waals surface area contributed by atoms with Gasteiger partial charge in [-0.2, -0.15) is 4.39 Å². The van der Waals surface area contributed by atoms with Gasteiger partial charge in [0.1, 0.15) is 6.04 Å². The largest absolute Gasteiger partial charge is 0.468 e. The third-order valence-corrected chi connectivity index (χ3v) is 2.07. The van der Waals surface area contributed by atoms with Gasteiger partial charge in [-0.1, -0.05) is 0 Å². The average Bonchev–Trinajstić information content (AvgIpc) is 2.32. The summed E-state index contributed by atoms with van der Waals surface area (Å²) in [4.78, 5) is 46.1. The van der Waals surface area contributed by atoms with Crippen molar-refractivity contribution >= 4 is 11.9 Å². The van der Waals surface area contributed by atoms with Crippen LogP contribution in [0.5, 0.6) is 0 Å². The van der Waals surface area contributed by atoms with Crippen molar-refractivity contribution in [1.82, 2.24) is 9.55 Å². The molecule has 1 atom stereocenters. The van der Waals surface area contributed by atoms with Crippen LogP contribution in [0.15, 0.2) is 15.8 Å². The highest BCUT2D eigenvalue weighted by Crippen LogP contribution is 1.95. The molecule has 0 aromatic carbocycles. The predicted molar refractivity (Wildman–Crippen MR) is 56.5 cm³/mol. The number of hydrogen-bond donors (Lipinski definition) is 2. The first-order chi connectivity index (χ1) is 8.36. The maximum Gasteiger partial charge on any atom is 0.335 e. The van der Waals surface area contributed by atoms with E-state index in [-0.39, 0.29) is 0 Å². The van der Waals surface area contributed by atoms with E-state index in [4.69, 9.17) is 5.73 Å². The van der Waals surface area contributed by atoms with Gasteiger partial charge in [0.05, 0.1) is 19.7 Å². The number of aromatic nitrogens is 2. The normalized spacial score (nSPS) is 11.9. The number of nitrogens with two attached hydrogens (primary N) is 1. The van der Waals surface area contributed by atoms with Crippen LogP contribution in [0.2, 0.25) is 0 Å². The van der Waals surface area contributed by atoms with E-state index in [0.717, 1.165) is 7.11 Å². The zero-order valence-electron chi connectivity index (χ0n) is 9.31. The molecule has 0 aliphatic rings. The Kier molecular flexibility index (Phi) is 4.10. The summed E-state index contributed by atoms with van der Waals surface area (Å²) in [6.45, 7) is 0. The molecule has 0 saturated heterocycles. The van der Waals surface area contributed by atoms with E-state index in [1.54, 1.807) is 4.98 Å². The number of halogens is 1. The second kappa shape index (κ2) is 5.36. The quantitative estimate of drug-likeness (QED) is 0.617. The van der Waals surface area contributed by atoms with Crippen LogP contribution in [-0.2, 0) is 9.53 Å². The van der Waals surface area contributed by atoms with Crippen molar-refractivity contribution in [2.24, 2.45) is 5.73 Å². The van der Waals surface area contributed by atoms with E-state index in [1.165, 1.54) is 0 Å². The fraction of sp³-hybridized carbons (Fsp3) is 0.333. The molecule has 0 saturated carbocycles. The third kappa shape index (κ3) is 2.88. The van der Waals surface area contributed by atoms with E-state index < -0.39 is 41.4 Å². The number of H-pyrrole nitrogens is 1. The molecule has 0 aliphatic heterocycles. The Morgan fingerprint density at radius 3 is 2.72 bits per heavy atom. The molecule has 0 amide bonds. The Morgan fingerprint density at radius 1 is 1.56 bits per heavy atom. The molecule has 1 rings (SSSR count). The highest BCUT2D eigenvalue weighted by molar-refractivity contribution is 5.86. The van der Waals surface area contributed by atoms with Gasteiger partial charge < -0.3 is 10.5 Å². The summed E-state index contributed by atoms with van der Waals surface area (Å²) < 4.78 is 17.5. The highest BCUT2D eigenvalue weighted by Gasteiger charge is 2.20. The maximum atomic E-state index is 12.9. The second-order valence-corrected chi connectivity index (χ2v) is 3.33. The van der Waals surface area contributed by atoms with Gasteiger partial charge in [-0.25, -0.2) is 9.36 Å². The van der Waals surface area contributed by atoms with Gasteiger partial charge in [0.2, 0.25) is 11.7 Å². The molecule has 0 fully saturated rings. The lowest BCUT2D eigenvalue weighted by Gasteiger charge is -2.08. The number of ether oxygens (including phenoxy) is 1. The first-order valence-corrected chi connectivity index (χ1v) is 4.75. The topological polar surface area (TPSA) is 124 Å². The number of methoxy groups -OCH3 is 1. The molecule has 1 aromatic heterocycles. The molecule has 0 radical (unpaired) electrons. The van der Waals surface area contributed by atoms with Crippen molar-refractivity contribution in [1.29, 1.82) is 0 Å². The Labute approximate surface area is 99.2 Å². The van der Waals surface area contributed by atoms with E-state index in [0.29, 0.717) is 10.8 Å². The van der Waals surface area contributed by atoms with Crippen molar-refractivity contribution in [2.75, 3.05) is 7.11 Å². The molecule has 1 unspecified atom stereocenters. The van der Waals surface area contributed by atoms with Crippen LogP contribution in [0, 0.1) is 5.82 Å². The molecule has 98 valence electrons. The second-order valence-electron chi connectivity index (χ2n) is 3.33. The number of aromatic amines is 1. The fourth-order valence-electron chi connectivity index (χ4n) is 1.15. The van der Waals surface area contributed by atoms with Gasteiger partial charge >= 0.3 is 11.7 Å². The molecule has 0 aliphatic carbocycles.